The number of Topliss-reactive ketones (excluding diaryl/α,β-unsaturated/α-hetero) is 2. The Morgan fingerprint density at radius 3 is 1.83 bits per heavy atom. The van der Waals surface area contributed by atoms with Crippen LogP contribution >= 0.6 is 15.9 Å². The molecule has 2 aliphatic carbocycles. The van der Waals surface area contributed by atoms with Crippen LogP contribution in [0, 0.1) is 0 Å². The van der Waals surface area contributed by atoms with Crippen molar-refractivity contribution in [2.45, 2.75) is 44.4 Å². The molecule has 1 heterocycles. The Morgan fingerprint density at radius 2 is 1.28 bits per heavy atom. The number of carbonyl (C=O) groups excluding carboxylic acids is 2. The second-order valence-electron chi connectivity index (χ2n) is 7.93. The standard InChI is InChI=1S/C25H22BrNO2/c26-17-12-14-18(15-13-17)27-19-8-4-10-21(28)24(19)23(16-6-2-1-3-7-16)25-20(27)9-5-11-22(25)29/h1-3,6-7,12-15,23H,4-5,8-11H2. The summed E-state index contributed by atoms with van der Waals surface area (Å²) in [4.78, 5) is 28.6. The SMILES string of the molecule is O=C1CCCC2=C1C(c1ccccc1)C1=C(CCCC1=O)N2c1ccc(Br)cc1. The van der Waals surface area contributed by atoms with Crippen LogP contribution in [0.5, 0.6) is 0 Å². The molecule has 0 aromatic heterocycles. The summed E-state index contributed by atoms with van der Waals surface area (Å²) in [5, 5.41) is 0. The van der Waals surface area contributed by atoms with Gasteiger partial charge in [0.15, 0.2) is 11.6 Å². The number of halogens is 1. The number of rotatable bonds is 2. The first-order valence-electron chi connectivity index (χ1n) is 10.3. The smallest absolute Gasteiger partial charge is 0.161 e. The zero-order chi connectivity index (χ0) is 20.0. The molecular formula is C25H22BrNO2. The third-order valence-electron chi connectivity index (χ3n) is 6.19. The van der Waals surface area contributed by atoms with Gasteiger partial charge >= 0.3 is 0 Å². The number of anilines is 1. The Kier molecular flexibility index (Phi) is 4.75. The number of hydrogen-bond acceptors (Lipinski definition) is 3. The first-order valence-corrected chi connectivity index (χ1v) is 11.1. The van der Waals surface area contributed by atoms with Crippen LogP contribution in [0.25, 0.3) is 0 Å². The fourth-order valence-corrected chi connectivity index (χ4v) is 5.27. The lowest BCUT2D eigenvalue weighted by molar-refractivity contribution is -0.116. The van der Waals surface area contributed by atoms with Gasteiger partial charge in [0.05, 0.1) is 0 Å². The van der Waals surface area contributed by atoms with E-state index in [2.05, 4.69) is 45.1 Å². The van der Waals surface area contributed by atoms with Crippen LogP contribution in [-0.2, 0) is 9.59 Å². The number of allylic oxidation sites excluding steroid dienone is 4. The van der Waals surface area contributed by atoms with Gasteiger partial charge in [-0.05, 0) is 55.5 Å². The molecule has 1 aliphatic heterocycles. The maximum Gasteiger partial charge on any atom is 0.161 e. The molecule has 0 unspecified atom stereocenters. The largest absolute Gasteiger partial charge is 0.317 e. The Bertz CT molecular complexity index is 1010. The van der Waals surface area contributed by atoms with Gasteiger partial charge in [-0.1, -0.05) is 46.3 Å². The Morgan fingerprint density at radius 1 is 0.724 bits per heavy atom. The molecular weight excluding hydrogens is 426 g/mol. The van der Waals surface area contributed by atoms with Gasteiger partial charge in [0.1, 0.15) is 0 Å². The van der Waals surface area contributed by atoms with Crippen LogP contribution in [0.2, 0.25) is 0 Å². The number of benzene rings is 2. The quantitative estimate of drug-likeness (QED) is 0.560. The lowest BCUT2D eigenvalue weighted by atomic mass is 9.71. The fourth-order valence-electron chi connectivity index (χ4n) is 5.00. The van der Waals surface area contributed by atoms with Gasteiger partial charge in [-0.2, -0.15) is 0 Å². The van der Waals surface area contributed by atoms with E-state index < -0.39 is 0 Å². The van der Waals surface area contributed by atoms with E-state index in [1.807, 2.05) is 30.3 Å². The average molecular weight is 448 g/mol. The number of ketones is 2. The minimum atomic E-state index is -0.228. The van der Waals surface area contributed by atoms with E-state index in [-0.39, 0.29) is 17.5 Å². The van der Waals surface area contributed by atoms with E-state index in [9.17, 15) is 9.59 Å². The minimum Gasteiger partial charge on any atom is -0.317 e. The van der Waals surface area contributed by atoms with Gasteiger partial charge in [0, 0.05) is 51.5 Å². The summed E-state index contributed by atoms with van der Waals surface area (Å²) in [6.07, 6.45) is 4.59. The van der Waals surface area contributed by atoms with Crippen molar-refractivity contribution in [3.8, 4) is 0 Å². The first-order chi connectivity index (χ1) is 14.1. The van der Waals surface area contributed by atoms with Crippen LogP contribution in [-0.4, -0.2) is 11.6 Å². The average Bonchev–Trinajstić information content (AvgIpc) is 2.74. The minimum absolute atomic E-state index is 0.187. The third-order valence-corrected chi connectivity index (χ3v) is 6.72. The van der Waals surface area contributed by atoms with Crippen molar-refractivity contribution in [2.75, 3.05) is 4.90 Å². The Balaban J connectivity index is 1.78. The zero-order valence-electron chi connectivity index (χ0n) is 16.2. The molecule has 0 amide bonds. The van der Waals surface area contributed by atoms with E-state index in [4.69, 9.17) is 0 Å². The summed E-state index contributed by atoms with van der Waals surface area (Å²) in [5.74, 6) is 0.146. The predicted octanol–water partition coefficient (Wildman–Crippen LogP) is 6.07. The van der Waals surface area contributed by atoms with Crippen molar-refractivity contribution in [3.63, 3.8) is 0 Å². The van der Waals surface area contributed by atoms with Gasteiger partial charge in [0.25, 0.3) is 0 Å². The summed E-state index contributed by atoms with van der Waals surface area (Å²) in [7, 11) is 0. The van der Waals surface area contributed by atoms with E-state index in [1.165, 1.54) is 0 Å². The van der Waals surface area contributed by atoms with Gasteiger partial charge < -0.3 is 4.90 Å². The number of nitrogens with zero attached hydrogens (tertiary/aromatic N) is 1. The summed E-state index contributed by atoms with van der Waals surface area (Å²) in [6, 6.07) is 18.3. The summed E-state index contributed by atoms with van der Waals surface area (Å²) in [5.41, 5.74) is 5.92. The highest BCUT2D eigenvalue weighted by atomic mass is 79.9. The second-order valence-corrected chi connectivity index (χ2v) is 8.85. The first kappa shape index (κ1) is 18.6. The van der Waals surface area contributed by atoms with Crippen molar-refractivity contribution < 1.29 is 9.59 Å². The van der Waals surface area contributed by atoms with Crippen molar-refractivity contribution in [1.82, 2.24) is 0 Å². The summed E-state index contributed by atoms with van der Waals surface area (Å²) in [6.45, 7) is 0. The van der Waals surface area contributed by atoms with Crippen molar-refractivity contribution in [3.05, 3.63) is 87.2 Å². The highest BCUT2D eigenvalue weighted by molar-refractivity contribution is 9.10. The van der Waals surface area contributed by atoms with Gasteiger partial charge in [-0.15, -0.1) is 0 Å². The highest BCUT2D eigenvalue weighted by Crippen LogP contribution is 2.50. The van der Waals surface area contributed by atoms with Crippen LogP contribution in [0.15, 0.2) is 81.6 Å². The molecule has 0 N–H and O–H groups in total. The molecule has 2 aromatic rings. The van der Waals surface area contributed by atoms with Gasteiger partial charge in [-0.3, -0.25) is 9.59 Å². The summed E-state index contributed by atoms with van der Waals surface area (Å²) < 4.78 is 1.02. The molecule has 0 spiro atoms. The molecule has 29 heavy (non-hydrogen) atoms. The van der Waals surface area contributed by atoms with Crippen LogP contribution < -0.4 is 4.90 Å². The normalized spacial score (nSPS) is 20.1. The molecule has 0 saturated carbocycles. The van der Waals surface area contributed by atoms with Crippen LogP contribution in [0.4, 0.5) is 5.69 Å². The summed E-state index contributed by atoms with van der Waals surface area (Å²) >= 11 is 3.52. The molecule has 0 atom stereocenters. The molecule has 3 aliphatic rings. The Labute approximate surface area is 179 Å². The molecule has 146 valence electrons. The lowest BCUT2D eigenvalue weighted by Gasteiger charge is -2.44. The van der Waals surface area contributed by atoms with E-state index in [0.717, 1.165) is 63.9 Å². The molecule has 0 radical (unpaired) electrons. The molecule has 4 heteroatoms. The predicted molar refractivity (Wildman–Crippen MR) is 118 cm³/mol. The molecule has 2 aromatic carbocycles. The van der Waals surface area contributed by atoms with Crippen LogP contribution in [0.1, 0.15) is 50.0 Å². The monoisotopic (exact) mass is 447 g/mol. The lowest BCUT2D eigenvalue weighted by Crippen LogP contribution is -2.39. The molecule has 3 nitrogen and oxygen atoms in total. The highest BCUT2D eigenvalue weighted by Gasteiger charge is 2.43. The Hall–Kier alpha value is -2.46. The number of hydrogen-bond donors (Lipinski definition) is 0. The maximum atomic E-state index is 13.2. The second kappa shape index (κ2) is 7.42. The van der Waals surface area contributed by atoms with Crippen molar-refractivity contribution in [2.24, 2.45) is 0 Å². The molecule has 5 rings (SSSR count). The van der Waals surface area contributed by atoms with Crippen molar-refractivity contribution in [1.29, 1.82) is 0 Å². The number of carbonyl (C=O) groups is 2. The maximum absolute atomic E-state index is 13.2. The van der Waals surface area contributed by atoms with Gasteiger partial charge in [-0.25, -0.2) is 0 Å². The zero-order valence-corrected chi connectivity index (χ0v) is 17.7. The van der Waals surface area contributed by atoms with Crippen LogP contribution in [0.3, 0.4) is 0 Å². The molecule has 0 saturated heterocycles. The van der Waals surface area contributed by atoms with E-state index in [0.29, 0.717) is 12.8 Å². The van der Waals surface area contributed by atoms with E-state index in [1.54, 1.807) is 0 Å². The molecule has 0 bridgehead atoms. The van der Waals surface area contributed by atoms with E-state index >= 15 is 0 Å². The third kappa shape index (κ3) is 3.10. The topological polar surface area (TPSA) is 37.4 Å². The van der Waals surface area contributed by atoms with Crippen molar-refractivity contribution >= 4 is 33.2 Å². The molecule has 0 fully saturated rings. The van der Waals surface area contributed by atoms with Gasteiger partial charge in [0.2, 0.25) is 0 Å². The fraction of sp³-hybridized carbons (Fsp3) is 0.280.